The summed E-state index contributed by atoms with van der Waals surface area (Å²) < 4.78 is 2.00. The lowest BCUT2D eigenvalue weighted by Gasteiger charge is -2.18. The van der Waals surface area contributed by atoms with E-state index in [1.807, 2.05) is 18.5 Å². The van der Waals surface area contributed by atoms with Crippen molar-refractivity contribution in [3.8, 4) is 0 Å². The topological polar surface area (TPSA) is 41.3 Å². The van der Waals surface area contributed by atoms with Crippen molar-refractivity contribution in [3.05, 3.63) is 17.0 Å². The molecular formula is C12H23N3O. The zero-order chi connectivity index (χ0) is 12.1. The molecule has 4 nitrogen and oxygen atoms in total. The molecule has 0 aliphatic carbocycles. The summed E-state index contributed by atoms with van der Waals surface area (Å²) in [5.74, 6) is 0. The smallest absolute Gasteiger partial charge is 0.0718 e. The van der Waals surface area contributed by atoms with Crippen LogP contribution in [0.25, 0.3) is 0 Å². The Hall–Kier alpha value is -0.870. The van der Waals surface area contributed by atoms with E-state index in [4.69, 9.17) is 0 Å². The maximum absolute atomic E-state index is 9.22. The summed E-state index contributed by atoms with van der Waals surface area (Å²) in [5, 5.41) is 13.7. The lowest BCUT2D eigenvalue weighted by atomic mass is 10.2. The van der Waals surface area contributed by atoms with Crippen molar-refractivity contribution >= 4 is 0 Å². The molecule has 0 aromatic carbocycles. The van der Waals surface area contributed by atoms with Crippen LogP contribution in [0.4, 0.5) is 0 Å². The number of likely N-dealkylation sites (N-methyl/N-ethyl adjacent to an activating group) is 1. The van der Waals surface area contributed by atoms with Crippen molar-refractivity contribution in [2.75, 3.05) is 19.6 Å². The van der Waals surface area contributed by atoms with E-state index in [9.17, 15) is 5.11 Å². The normalized spacial score (nSPS) is 11.4. The van der Waals surface area contributed by atoms with E-state index >= 15 is 0 Å². The average Bonchev–Trinajstić information content (AvgIpc) is 2.55. The van der Waals surface area contributed by atoms with Gasteiger partial charge in [-0.15, -0.1) is 0 Å². The summed E-state index contributed by atoms with van der Waals surface area (Å²) in [6.07, 6.45) is 0. The lowest BCUT2D eigenvalue weighted by molar-refractivity contribution is 0.277. The Kier molecular flexibility index (Phi) is 4.96. The highest BCUT2D eigenvalue weighted by molar-refractivity contribution is 5.23. The van der Waals surface area contributed by atoms with Gasteiger partial charge in [0.1, 0.15) is 0 Å². The fourth-order valence-corrected chi connectivity index (χ4v) is 1.96. The fourth-order valence-electron chi connectivity index (χ4n) is 1.96. The third kappa shape index (κ3) is 2.83. The minimum atomic E-state index is 0.0862. The molecule has 1 N–H and O–H groups in total. The number of hydrogen-bond donors (Lipinski definition) is 1. The van der Waals surface area contributed by atoms with Gasteiger partial charge in [0.05, 0.1) is 18.8 Å². The first-order valence-corrected chi connectivity index (χ1v) is 6.00. The molecule has 0 aliphatic heterocycles. The van der Waals surface area contributed by atoms with E-state index in [1.165, 1.54) is 0 Å². The van der Waals surface area contributed by atoms with Gasteiger partial charge >= 0.3 is 0 Å². The number of aromatic nitrogens is 2. The summed E-state index contributed by atoms with van der Waals surface area (Å²) in [6, 6.07) is 0. The largest absolute Gasteiger partial charge is 0.392 e. The van der Waals surface area contributed by atoms with Gasteiger partial charge in [0, 0.05) is 17.8 Å². The second-order valence-electron chi connectivity index (χ2n) is 4.06. The highest BCUT2D eigenvalue weighted by atomic mass is 16.3. The maximum atomic E-state index is 9.22. The number of aliphatic hydroxyl groups is 1. The summed E-state index contributed by atoms with van der Waals surface area (Å²) >= 11 is 0. The average molecular weight is 225 g/mol. The fraction of sp³-hybridized carbons (Fsp3) is 0.750. The highest BCUT2D eigenvalue weighted by Crippen LogP contribution is 2.12. The second kappa shape index (κ2) is 6.01. The third-order valence-corrected chi connectivity index (χ3v) is 3.21. The quantitative estimate of drug-likeness (QED) is 0.794. The van der Waals surface area contributed by atoms with E-state index in [2.05, 4.69) is 23.8 Å². The van der Waals surface area contributed by atoms with E-state index in [0.717, 1.165) is 43.1 Å². The SMILES string of the molecule is CCN(CC)CCn1nc(C)c(CO)c1C. The molecule has 0 spiro atoms. The number of hydrogen-bond acceptors (Lipinski definition) is 3. The molecule has 0 saturated carbocycles. The Balaban J connectivity index is 2.67. The van der Waals surface area contributed by atoms with Crippen molar-refractivity contribution in [1.82, 2.24) is 14.7 Å². The Labute approximate surface area is 97.9 Å². The molecule has 0 amide bonds. The molecule has 1 aromatic rings. The Bertz CT molecular complexity index is 329. The monoisotopic (exact) mass is 225 g/mol. The van der Waals surface area contributed by atoms with Crippen LogP contribution in [-0.2, 0) is 13.2 Å². The highest BCUT2D eigenvalue weighted by Gasteiger charge is 2.10. The van der Waals surface area contributed by atoms with Gasteiger partial charge in [-0.25, -0.2) is 0 Å². The second-order valence-corrected chi connectivity index (χ2v) is 4.06. The molecule has 0 fully saturated rings. The number of aliphatic hydroxyl groups excluding tert-OH is 1. The molecule has 0 aliphatic rings. The van der Waals surface area contributed by atoms with Crippen LogP contribution in [0.15, 0.2) is 0 Å². The van der Waals surface area contributed by atoms with Crippen molar-refractivity contribution in [1.29, 1.82) is 0 Å². The minimum absolute atomic E-state index is 0.0862. The zero-order valence-corrected chi connectivity index (χ0v) is 10.8. The first-order chi connectivity index (χ1) is 7.63. The number of aryl methyl sites for hydroxylation is 1. The Morgan fingerprint density at radius 3 is 2.31 bits per heavy atom. The zero-order valence-electron chi connectivity index (χ0n) is 10.8. The molecule has 0 radical (unpaired) electrons. The molecule has 0 bridgehead atoms. The van der Waals surface area contributed by atoms with Crippen LogP contribution in [0.1, 0.15) is 30.8 Å². The minimum Gasteiger partial charge on any atom is -0.392 e. The van der Waals surface area contributed by atoms with Crippen LogP contribution in [0, 0.1) is 13.8 Å². The van der Waals surface area contributed by atoms with E-state index in [1.54, 1.807) is 0 Å². The van der Waals surface area contributed by atoms with Crippen molar-refractivity contribution in [2.24, 2.45) is 0 Å². The first-order valence-electron chi connectivity index (χ1n) is 6.00. The van der Waals surface area contributed by atoms with E-state index < -0.39 is 0 Å². The van der Waals surface area contributed by atoms with Crippen LogP contribution >= 0.6 is 0 Å². The predicted molar refractivity (Wildman–Crippen MR) is 65.4 cm³/mol. The van der Waals surface area contributed by atoms with Crippen LogP contribution < -0.4 is 0 Å². The van der Waals surface area contributed by atoms with Gasteiger partial charge in [-0.05, 0) is 26.9 Å². The summed E-state index contributed by atoms with van der Waals surface area (Å²) in [4.78, 5) is 2.37. The van der Waals surface area contributed by atoms with Gasteiger partial charge in [-0.1, -0.05) is 13.8 Å². The molecule has 92 valence electrons. The van der Waals surface area contributed by atoms with Gasteiger partial charge in [0.2, 0.25) is 0 Å². The molecule has 0 unspecified atom stereocenters. The summed E-state index contributed by atoms with van der Waals surface area (Å²) in [7, 11) is 0. The van der Waals surface area contributed by atoms with Crippen LogP contribution in [0.3, 0.4) is 0 Å². The Morgan fingerprint density at radius 2 is 1.88 bits per heavy atom. The van der Waals surface area contributed by atoms with Crippen molar-refractivity contribution in [3.63, 3.8) is 0 Å². The standard InChI is InChI=1S/C12H23N3O/c1-5-14(6-2)7-8-15-11(4)12(9-16)10(3)13-15/h16H,5-9H2,1-4H3. The van der Waals surface area contributed by atoms with Crippen molar-refractivity contribution in [2.45, 2.75) is 40.8 Å². The van der Waals surface area contributed by atoms with Gasteiger partial charge in [0.25, 0.3) is 0 Å². The van der Waals surface area contributed by atoms with Crippen LogP contribution in [-0.4, -0.2) is 39.4 Å². The third-order valence-electron chi connectivity index (χ3n) is 3.21. The van der Waals surface area contributed by atoms with E-state index in [-0.39, 0.29) is 6.61 Å². The van der Waals surface area contributed by atoms with Crippen LogP contribution in [0.2, 0.25) is 0 Å². The van der Waals surface area contributed by atoms with Gasteiger partial charge in [0.15, 0.2) is 0 Å². The molecule has 1 heterocycles. The van der Waals surface area contributed by atoms with E-state index in [0.29, 0.717) is 0 Å². The van der Waals surface area contributed by atoms with Gasteiger partial charge in [-0.3, -0.25) is 4.68 Å². The van der Waals surface area contributed by atoms with Gasteiger partial charge in [-0.2, -0.15) is 5.10 Å². The number of nitrogens with zero attached hydrogens (tertiary/aromatic N) is 3. The van der Waals surface area contributed by atoms with Crippen LogP contribution in [0.5, 0.6) is 0 Å². The molecule has 16 heavy (non-hydrogen) atoms. The first kappa shape index (κ1) is 13.2. The Morgan fingerprint density at radius 1 is 1.25 bits per heavy atom. The maximum Gasteiger partial charge on any atom is 0.0718 e. The predicted octanol–water partition coefficient (Wildman–Crippen LogP) is 1.33. The molecular weight excluding hydrogens is 202 g/mol. The molecule has 1 rings (SSSR count). The molecule has 0 saturated heterocycles. The van der Waals surface area contributed by atoms with Gasteiger partial charge < -0.3 is 10.0 Å². The van der Waals surface area contributed by atoms with Crippen molar-refractivity contribution < 1.29 is 5.11 Å². The number of rotatable bonds is 6. The summed E-state index contributed by atoms with van der Waals surface area (Å²) in [5.41, 5.74) is 3.01. The molecule has 0 atom stereocenters. The molecule has 1 aromatic heterocycles. The lowest BCUT2D eigenvalue weighted by Crippen LogP contribution is -2.27. The molecule has 4 heteroatoms. The summed E-state index contributed by atoms with van der Waals surface area (Å²) in [6.45, 7) is 12.5.